The number of carbonyl (C=O) groups excluding carboxylic acids is 1. The maximum atomic E-state index is 13.2. The van der Waals surface area contributed by atoms with Gasteiger partial charge in [-0.25, -0.2) is 0 Å². The summed E-state index contributed by atoms with van der Waals surface area (Å²) in [6, 6.07) is 9.69. The van der Waals surface area contributed by atoms with E-state index in [1.807, 2.05) is 35.2 Å². The van der Waals surface area contributed by atoms with Crippen LogP contribution in [0.15, 0.2) is 36.5 Å². The normalized spacial score (nSPS) is 28.2. The van der Waals surface area contributed by atoms with Crippen molar-refractivity contribution < 1.29 is 14.3 Å². The maximum Gasteiger partial charge on any atom is 0.254 e. The monoisotopic (exact) mass is 355 g/mol. The summed E-state index contributed by atoms with van der Waals surface area (Å²) >= 11 is 0. The number of fused-ring (bicyclic) bond motifs is 1. The van der Waals surface area contributed by atoms with Crippen LogP contribution in [0.1, 0.15) is 36.0 Å². The Balaban J connectivity index is 1.55. The van der Waals surface area contributed by atoms with Crippen molar-refractivity contribution in [2.45, 2.75) is 43.4 Å². The molecular formula is C20H25N3O3. The van der Waals surface area contributed by atoms with Crippen LogP contribution >= 0.6 is 0 Å². The third-order valence-corrected chi connectivity index (χ3v) is 6.08. The minimum absolute atomic E-state index is 0.0711. The molecule has 3 atom stereocenters. The van der Waals surface area contributed by atoms with E-state index >= 15 is 0 Å². The molecule has 138 valence electrons. The number of rotatable bonds is 4. The Hall–Kier alpha value is -2.18. The molecule has 0 radical (unpaired) electrons. The van der Waals surface area contributed by atoms with Crippen LogP contribution in [-0.2, 0) is 9.47 Å². The maximum absolute atomic E-state index is 13.2. The second kappa shape index (κ2) is 6.85. The molecule has 2 aromatic rings. The summed E-state index contributed by atoms with van der Waals surface area (Å²) in [5, 5.41) is 6.91. The second-order valence-corrected chi connectivity index (χ2v) is 7.21. The molecule has 1 aliphatic heterocycles. The number of nitrogens with zero attached hydrogens (tertiary/aromatic N) is 2. The number of H-pyrrole nitrogens is 1. The highest BCUT2D eigenvalue weighted by Crippen LogP contribution is 2.43. The van der Waals surface area contributed by atoms with Crippen molar-refractivity contribution in [1.82, 2.24) is 15.1 Å². The molecule has 1 aromatic carbocycles. The second-order valence-electron chi connectivity index (χ2n) is 7.21. The number of carbonyl (C=O) groups is 1. The van der Waals surface area contributed by atoms with Gasteiger partial charge in [-0.3, -0.25) is 9.89 Å². The highest BCUT2D eigenvalue weighted by Gasteiger charge is 2.52. The summed E-state index contributed by atoms with van der Waals surface area (Å²) in [7, 11) is 3.52. The zero-order valence-electron chi connectivity index (χ0n) is 15.3. The summed E-state index contributed by atoms with van der Waals surface area (Å²) in [5.41, 5.74) is 2.45. The molecular weight excluding hydrogens is 330 g/mol. The number of aromatic amines is 1. The van der Waals surface area contributed by atoms with Gasteiger partial charge in [-0.05, 0) is 49.4 Å². The minimum Gasteiger partial charge on any atom is -0.381 e. The number of aromatic nitrogens is 2. The molecule has 4 rings (SSSR count). The first-order valence-corrected chi connectivity index (χ1v) is 9.15. The predicted octanol–water partition coefficient (Wildman–Crippen LogP) is 2.88. The lowest BCUT2D eigenvalue weighted by atomic mass is 9.79. The Labute approximate surface area is 153 Å². The van der Waals surface area contributed by atoms with Crippen LogP contribution in [0, 0.1) is 0 Å². The molecule has 1 aromatic heterocycles. The number of amides is 1. The van der Waals surface area contributed by atoms with Gasteiger partial charge in [-0.1, -0.05) is 12.1 Å². The molecule has 2 aliphatic rings. The summed E-state index contributed by atoms with van der Waals surface area (Å²) in [6.07, 6.45) is 5.57. The van der Waals surface area contributed by atoms with Crippen LogP contribution in [0.5, 0.6) is 0 Å². The van der Waals surface area contributed by atoms with Crippen molar-refractivity contribution in [3.63, 3.8) is 0 Å². The van der Waals surface area contributed by atoms with E-state index in [-0.39, 0.29) is 23.7 Å². The molecule has 1 aliphatic carbocycles. The summed E-state index contributed by atoms with van der Waals surface area (Å²) in [6.45, 7) is 0.732. The van der Waals surface area contributed by atoms with Crippen molar-refractivity contribution in [2.75, 3.05) is 20.8 Å². The Morgan fingerprint density at radius 2 is 2.04 bits per heavy atom. The van der Waals surface area contributed by atoms with E-state index in [0.29, 0.717) is 5.56 Å². The average molecular weight is 355 g/mol. The van der Waals surface area contributed by atoms with E-state index in [1.165, 1.54) is 0 Å². The molecule has 2 fully saturated rings. The van der Waals surface area contributed by atoms with E-state index in [2.05, 4.69) is 10.2 Å². The van der Waals surface area contributed by atoms with Gasteiger partial charge in [0.05, 0.1) is 23.4 Å². The molecule has 1 saturated heterocycles. The molecule has 1 saturated carbocycles. The van der Waals surface area contributed by atoms with E-state index in [1.54, 1.807) is 20.4 Å². The largest absolute Gasteiger partial charge is 0.381 e. The highest BCUT2D eigenvalue weighted by atomic mass is 16.5. The summed E-state index contributed by atoms with van der Waals surface area (Å²) < 4.78 is 11.5. The fourth-order valence-electron chi connectivity index (χ4n) is 4.49. The number of ether oxygens (including phenoxy) is 2. The van der Waals surface area contributed by atoms with Gasteiger partial charge >= 0.3 is 0 Å². The van der Waals surface area contributed by atoms with E-state index in [0.717, 1.165) is 43.5 Å². The number of methoxy groups -OCH3 is 2. The summed E-state index contributed by atoms with van der Waals surface area (Å²) in [4.78, 5) is 15.1. The van der Waals surface area contributed by atoms with Gasteiger partial charge < -0.3 is 14.4 Å². The molecule has 2 heterocycles. The lowest BCUT2D eigenvalue weighted by Crippen LogP contribution is -2.53. The third kappa shape index (κ3) is 2.83. The first-order valence-electron chi connectivity index (χ1n) is 9.15. The Morgan fingerprint density at radius 3 is 2.69 bits per heavy atom. The van der Waals surface area contributed by atoms with Crippen LogP contribution in [0.3, 0.4) is 0 Å². The Kier molecular flexibility index (Phi) is 4.54. The lowest BCUT2D eigenvalue weighted by Gasteiger charge is -2.43. The number of likely N-dealkylation sites (tertiary alicyclic amines) is 1. The number of benzene rings is 1. The van der Waals surface area contributed by atoms with Crippen molar-refractivity contribution in [1.29, 1.82) is 0 Å². The Morgan fingerprint density at radius 1 is 1.23 bits per heavy atom. The fourth-order valence-corrected chi connectivity index (χ4v) is 4.49. The van der Waals surface area contributed by atoms with Crippen molar-refractivity contribution in [3.05, 3.63) is 42.1 Å². The highest BCUT2D eigenvalue weighted by molar-refractivity contribution is 5.95. The third-order valence-electron chi connectivity index (χ3n) is 6.08. The first kappa shape index (κ1) is 17.2. The SMILES string of the molecule is CO[C@H]1CC[C@@]2(OC)CCN(C(=O)c3ccc(-c4ccn[nH]4)cc3)[C@H]2C1. The zero-order chi connectivity index (χ0) is 18.1. The summed E-state index contributed by atoms with van der Waals surface area (Å²) in [5.74, 6) is 0.0711. The van der Waals surface area contributed by atoms with E-state index in [4.69, 9.17) is 9.47 Å². The van der Waals surface area contributed by atoms with Crippen molar-refractivity contribution in [2.24, 2.45) is 0 Å². The van der Waals surface area contributed by atoms with Crippen molar-refractivity contribution in [3.8, 4) is 11.3 Å². The van der Waals surface area contributed by atoms with Crippen LogP contribution in [0.25, 0.3) is 11.3 Å². The van der Waals surface area contributed by atoms with Gasteiger partial charge in [0.1, 0.15) is 0 Å². The average Bonchev–Trinajstić information content (AvgIpc) is 3.35. The molecule has 1 amide bonds. The number of hydrogen-bond donors (Lipinski definition) is 1. The van der Waals surface area contributed by atoms with E-state index < -0.39 is 0 Å². The molecule has 6 nitrogen and oxygen atoms in total. The van der Waals surface area contributed by atoms with Crippen LogP contribution in [-0.4, -0.2) is 59.5 Å². The van der Waals surface area contributed by atoms with Crippen LogP contribution in [0.4, 0.5) is 0 Å². The molecule has 26 heavy (non-hydrogen) atoms. The minimum atomic E-state index is -0.222. The van der Waals surface area contributed by atoms with E-state index in [9.17, 15) is 4.79 Å². The number of hydrogen-bond acceptors (Lipinski definition) is 4. The molecule has 0 spiro atoms. The standard InChI is InChI=1S/C20H25N3O3/c1-25-16-7-9-20(26-2)10-12-23(18(20)13-16)19(24)15-5-3-14(4-6-15)17-8-11-21-22-17/h3-6,8,11,16,18H,7,9-10,12-13H2,1-2H3,(H,21,22)/t16-,18-,20+/m0/s1. The van der Waals surface area contributed by atoms with Gasteiger partial charge in [0.15, 0.2) is 0 Å². The molecule has 1 N–H and O–H groups in total. The lowest BCUT2D eigenvalue weighted by molar-refractivity contribution is -0.0893. The first-order chi connectivity index (χ1) is 12.7. The quantitative estimate of drug-likeness (QED) is 0.916. The van der Waals surface area contributed by atoms with Gasteiger partial charge in [-0.15, -0.1) is 0 Å². The Bertz CT molecular complexity index is 759. The van der Waals surface area contributed by atoms with Gasteiger partial charge in [0.25, 0.3) is 5.91 Å². The van der Waals surface area contributed by atoms with Crippen LogP contribution < -0.4 is 0 Å². The van der Waals surface area contributed by atoms with Crippen LogP contribution in [0.2, 0.25) is 0 Å². The molecule has 0 bridgehead atoms. The van der Waals surface area contributed by atoms with Gasteiger partial charge in [0.2, 0.25) is 0 Å². The number of nitrogens with one attached hydrogen (secondary N) is 1. The smallest absolute Gasteiger partial charge is 0.254 e. The van der Waals surface area contributed by atoms with Gasteiger partial charge in [-0.2, -0.15) is 5.10 Å². The van der Waals surface area contributed by atoms with Gasteiger partial charge in [0, 0.05) is 32.5 Å². The zero-order valence-corrected chi connectivity index (χ0v) is 15.3. The topological polar surface area (TPSA) is 67.5 Å². The fraction of sp³-hybridized carbons (Fsp3) is 0.500. The molecule has 6 heteroatoms. The molecule has 0 unspecified atom stereocenters. The predicted molar refractivity (Wildman–Crippen MR) is 97.9 cm³/mol. The van der Waals surface area contributed by atoms with Crippen molar-refractivity contribution >= 4 is 5.91 Å².